The van der Waals surface area contributed by atoms with Crippen LogP contribution >= 0.6 is 11.3 Å². The predicted molar refractivity (Wildman–Crippen MR) is 85.6 cm³/mol. The fourth-order valence-electron chi connectivity index (χ4n) is 2.20. The van der Waals surface area contributed by atoms with Crippen molar-refractivity contribution in [3.8, 4) is 27.4 Å². The molecule has 21 heavy (non-hydrogen) atoms. The lowest BCUT2D eigenvalue weighted by Gasteiger charge is -2.05. The van der Waals surface area contributed by atoms with Crippen molar-refractivity contribution >= 4 is 17.2 Å². The summed E-state index contributed by atoms with van der Waals surface area (Å²) < 4.78 is 10.7. The van der Waals surface area contributed by atoms with Gasteiger partial charge in [-0.1, -0.05) is 17.3 Å². The van der Waals surface area contributed by atoms with E-state index >= 15 is 0 Å². The second kappa shape index (κ2) is 5.61. The van der Waals surface area contributed by atoms with E-state index in [0.29, 0.717) is 12.5 Å². The van der Waals surface area contributed by atoms with Crippen molar-refractivity contribution in [3.05, 3.63) is 41.3 Å². The van der Waals surface area contributed by atoms with Crippen molar-refractivity contribution in [1.82, 2.24) is 5.16 Å². The number of ether oxygens (including phenoxy) is 1. The summed E-state index contributed by atoms with van der Waals surface area (Å²) in [5, 5.41) is 4.11. The Hall–Kier alpha value is -2.27. The summed E-state index contributed by atoms with van der Waals surface area (Å²) in [5.41, 5.74) is 8.55. The molecule has 0 unspecified atom stereocenters. The van der Waals surface area contributed by atoms with Crippen molar-refractivity contribution in [2.24, 2.45) is 0 Å². The third-order valence-corrected chi connectivity index (χ3v) is 4.15. The van der Waals surface area contributed by atoms with Crippen LogP contribution in [0.1, 0.15) is 11.8 Å². The maximum absolute atomic E-state index is 5.96. The van der Waals surface area contributed by atoms with E-state index in [1.54, 1.807) is 11.3 Å². The van der Waals surface area contributed by atoms with Crippen molar-refractivity contribution in [3.63, 3.8) is 0 Å². The summed E-state index contributed by atoms with van der Waals surface area (Å²) in [6, 6.07) is 11.9. The highest BCUT2D eigenvalue weighted by molar-refractivity contribution is 7.15. The van der Waals surface area contributed by atoms with Crippen LogP contribution in [-0.4, -0.2) is 11.8 Å². The molecule has 2 aromatic heterocycles. The smallest absolute Gasteiger partial charge is 0.230 e. The zero-order valence-electron chi connectivity index (χ0n) is 11.9. The van der Waals surface area contributed by atoms with E-state index in [-0.39, 0.29) is 0 Å². The summed E-state index contributed by atoms with van der Waals surface area (Å²) in [5.74, 6) is 1.17. The van der Waals surface area contributed by atoms with Crippen LogP contribution in [0.15, 0.2) is 40.9 Å². The molecule has 1 aromatic carbocycles. The third kappa shape index (κ3) is 2.64. The molecule has 4 nitrogen and oxygen atoms in total. The van der Waals surface area contributed by atoms with E-state index in [0.717, 1.165) is 27.4 Å². The van der Waals surface area contributed by atoms with Crippen LogP contribution in [0.3, 0.4) is 0 Å². The molecule has 2 heterocycles. The Morgan fingerprint density at radius 2 is 1.95 bits per heavy atom. The van der Waals surface area contributed by atoms with Gasteiger partial charge in [-0.25, -0.2) is 0 Å². The number of hydrogen-bond donors (Lipinski definition) is 1. The van der Waals surface area contributed by atoms with Crippen LogP contribution in [0.4, 0.5) is 5.88 Å². The van der Waals surface area contributed by atoms with Gasteiger partial charge in [0.05, 0.1) is 17.0 Å². The van der Waals surface area contributed by atoms with Crippen LogP contribution in [-0.2, 0) is 0 Å². The molecule has 0 aliphatic rings. The molecule has 108 valence electrons. The van der Waals surface area contributed by atoms with E-state index in [2.05, 4.69) is 18.1 Å². The molecule has 0 amide bonds. The van der Waals surface area contributed by atoms with Crippen LogP contribution in [0.25, 0.3) is 21.7 Å². The molecule has 5 heteroatoms. The fourth-order valence-corrected chi connectivity index (χ4v) is 3.05. The standard InChI is InChI=1S/C16H16N2O2S/c1-3-19-12-7-5-11(6-8-12)14-15(18-20-16(14)17)13-9-4-10(2)21-13/h4-9H,3,17H2,1-2H3. The maximum atomic E-state index is 5.96. The van der Waals surface area contributed by atoms with Gasteiger partial charge >= 0.3 is 0 Å². The number of nitrogen functional groups attached to an aromatic ring is 1. The van der Waals surface area contributed by atoms with E-state index in [1.165, 1.54) is 4.88 Å². The largest absolute Gasteiger partial charge is 0.494 e. The highest BCUT2D eigenvalue weighted by atomic mass is 32.1. The van der Waals surface area contributed by atoms with Crippen molar-refractivity contribution in [1.29, 1.82) is 0 Å². The minimum absolute atomic E-state index is 0.334. The Bertz CT molecular complexity index is 744. The number of nitrogens with two attached hydrogens (primary N) is 1. The molecule has 0 aliphatic carbocycles. The minimum atomic E-state index is 0.334. The Kier molecular flexibility index (Phi) is 3.66. The summed E-state index contributed by atoms with van der Waals surface area (Å²) in [6.07, 6.45) is 0. The lowest BCUT2D eigenvalue weighted by Crippen LogP contribution is -1.91. The number of thiophene rings is 1. The highest BCUT2D eigenvalue weighted by Crippen LogP contribution is 2.39. The van der Waals surface area contributed by atoms with Gasteiger partial charge in [0.1, 0.15) is 11.4 Å². The second-order valence-electron chi connectivity index (χ2n) is 4.64. The Labute approximate surface area is 127 Å². The minimum Gasteiger partial charge on any atom is -0.494 e. The van der Waals surface area contributed by atoms with Gasteiger partial charge in [-0.15, -0.1) is 11.3 Å². The maximum Gasteiger partial charge on any atom is 0.230 e. The molecular formula is C16H16N2O2S. The van der Waals surface area contributed by atoms with Gasteiger partial charge in [-0.05, 0) is 43.7 Å². The average molecular weight is 300 g/mol. The zero-order chi connectivity index (χ0) is 14.8. The molecule has 0 radical (unpaired) electrons. The van der Waals surface area contributed by atoms with E-state index < -0.39 is 0 Å². The summed E-state index contributed by atoms with van der Waals surface area (Å²) in [4.78, 5) is 2.28. The monoisotopic (exact) mass is 300 g/mol. The van der Waals surface area contributed by atoms with Gasteiger partial charge in [0.15, 0.2) is 0 Å². The van der Waals surface area contributed by atoms with Crippen molar-refractivity contribution in [2.45, 2.75) is 13.8 Å². The zero-order valence-corrected chi connectivity index (χ0v) is 12.7. The Balaban J connectivity index is 2.04. The van der Waals surface area contributed by atoms with Crippen LogP contribution in [0, 0.1) is 6.92 Å². The summed E-state index contributed by atoms with van der Waals surface area (Å²) in [6.45, 7) is 4.67. The highest BCUT2D eigenvalue weighted by Gasteiger charge is 2.18. The number of nitrogens with zero attached hydrogens (tertiary/aromatic N) is 1. The van der Waals surface area contributed by atoms with Crippen LogP contribution < -0.4 is 10.5 Å². The molecule has 3 aromatic rings. The summed E-state index contributed by atoms with van der Waals surface area (Å²) >= 11 is 1.67. The molecule has 0 fully saturated rings. The first-order valence-electron chi connectivity index (χ1n) is 6.74. The van der Waals surface area contributed by atoms with E-state index in [9.17, 15) is 0 Å². The lowest BCUT2D eigenvalue weighted by atomic mass is 10.0. The molecule has 0 saturated carbocycles. The van der Waals surface area contributed by atoms with Gasteiger partial charge in [0.25, 0.3) is 0 Å². The molecule has 0 bridgehead atoms. The van der Waals surface area contributed by atoms with Gasteiger partial charge in [-0.2, -0.15) is 0 Å². The first-order chi connectivity index (χ1) is 10.2. The summed E-state index contributed by atoms with van der Waals surface area (Å²) in [7, 11) is 0. The normalized spacial score (nSPS) is 10.8. The van der Waals surface area contributed by atoms with Gasteiger partial charge < -0.3 is 15.0 Å². The molecule has 3 rings (SSSR count). The van der Waals surface area contributed by atoms with Crippen molar-refractivity contribution < 1.29 is 9.26 Å². The second-order valence-corrected chi connectivity index (χ2v) is 5.93. The molecule has 0 aliphatic heterocycles. The topological polar surface area (TPSA) is 61.3 Å². The van der Waals surface area contributed by atoms with Crippen LogP contribution in [0.5, 0.6) is 5.75 Å². The fraction of sp³-hybridized carbons (Fsp3) is 0.188. The number of anilines is 1. The van der Waals surface area contributed by atoms with Gasteiger partial charge in [-0.3, -0.25) is 0 Å². The van der Waals surface area contributed by atoms with E-state index in [4.69, 9.17) is 15.0 Å². The molecule has 0 atom stereocenters. The first-order valence-corrected chi connectivity index (χ1v) is 7.56. The molecule has 2 N–H and O–H groups in total. The van der Waals surface area contributed by atoms with Gasteiger partial charge in [0.2, 0.25) is 5.88 Å². The molecule has 0 saturated heterocycles. The SMILES string of the molecule is CCOc1ccc(-c2c(-c3ccc(C)s3)noc2N)cc1. The lowest BCUT2D eigenvalue weighted by molar-refractivity contribution is 0.340. The Morgan fingerprint density at radius 3 is 2.57 bits per heavy atom. The van der Waals surface area contributed by atoms with E-state index in [1.807, 2.05) is 37.3 Å². The third-order valence-electron chi connectivity index (χ3n) is 3.15. The number of aryl methyl sites for hydroxylation is 1. The van der Waals surface area contributed by atoms with Gasteiger partial charge in [0, 0.05) is 4.88 Å². The molecular weight excluding hydrogens is 284 g/mol. The van der Waals surface area contributed by atoms with Crippen molar-refractivity contribution in [2.75, 3.05) is 12.3 Å². The molecule has 0 spiro atoms. The predicted octanol–water partition coefficient (Wildman–Crippen LogP) is 4.36. The Morgan fingerprint density at radius 1 is 1.19 bits per heavy atom. The quantitative estimate of drug-likeness (QED) is 0.777. The number of hydrogen-bond acceptors (Lipinski definition) is 5. The number of aromatic nitrogens is 1. The number of rotatable bonds is 4. The van der Waals surface area contributed by atoms with Crippen LogP contribution in [0.2, 0.25) is 0 Å². The first kappa shape index (κ1) is 13.7. The average Bonchev–Trinajstić information content (AvgIpc) is 3.06. The number of benzene rings is 1.